The van der Waals surface area contributed by atoms with E-state index in [1.165, 1.54) is 5.56 Å². The van der Waals surface area contributed by atoms with Crippen LogP contribution in [0.25, 0.3) is 0 Å². The number of fused-ring (bicyclic) bond motifs is 1. The van der Waals surface area contributed by atoms with Crippen LogP contribution in [0.2, 0.25) is 5.15 Å². The van der Waals surface area contributed by atoms with Crippen molar-refractivity contribution in [1.82, 2.24) is 9.71 Å². The molecule has 2 unspecified atom stereocenters. The summed E-state index contributed by atoms with van der Waals surface area (Å²) in [5.41, 5.74) is 2.37. The van der Waals surface area contributed by atoms with E-state index in [0.29, 0.717) is 5.15 Å². The molecule has 0 radical (unpaired) electrons. The Morgan fingerprint density at radius 1 is 1.50 bits per heavy atom. The monoisotopic (exact) mass is 286 g/mol. The molecular formula is C13H19ClN2OS. The van der Waals surface area contributed by atoms with E-state index >= 15 is 0 Å². The van der Waals surface area contributed by atoms with Crippen LogP contribution in [0.1, 0.15) is 50.8 Å². The van der Waals surface area contributed by atoms with Gasteiger partial charge in [0, 0.05) is 17.6 Å². The zero-order valence-corrected chi connectivity index (χ0v) is 12.6. The molecule has 0 amide bonds. The average Bonchev–Trinajstić information content (AvgIpc) is 2.28. The molecule has 0 aromatic carbocycles. The number of rotatable bonds is 2. The molecule has 1 aliphatic carbocycles. The lowest BCUT2D eigenvalue weighted by molar-refractivity contribution is 0.488. The lowest BCUT2D eigenvalue weighted by Gasteiger charge is -2.31. The maximum absolute atomic E-state index is 12.2. The van der Waals surface area contributed by atoms with Gasteiger partial charge in [0.1, 0.15) is 9.90 Å². The van der Waals surface area contributed by atoms with Crippen LogP contribution in [0.3, 0.4) is 0 Å². The van der Waals surface area contributed by atoms with E-state index in [-0.39, 0.29) is 10.8 Å². The second kappa shape index (κ2) is 5.37. The highest BCUT2D eigenvalue weighted by molar-refractivity contribution is 7.90. The van der Waals surface area contributed by atoms with Crippen LogP contribution in [-0.4, -0.2) is 14.3 Å². The van der Waals surface area contributed by atoms with Crippen LogP contribution >= 0.6 is 11.6 Å². The van der Waals surface area contributed by atoms with Crippen molar-refractivity contribution in [3.63, 3.8) is 0 Å². The van der Waals surface area contributed by atoms with Crippen molar-refractivity contribution < 1.29 is 4.55 Å². The van der Waals surface area contributed by atoms with E-state index in [9.17, 15) is 4.55 Å². The van der Waals surface area contributed by atoms with E-state index < -0.39 is 11.4 Å². The number of hydrogen-bond acceptors (Lipinski definition) is 3. The highest BCUT2D eigenvalue weighted by atomic mass is 35.5. The highest BCUT2D eigenvalue weighted by Crippen LogP contribution is 2.32. The van der Waals surface area contributed by atoms with Gasteiger partial charge >= 0.3 is 0 Å². The first-order valence-electron chi connectivity index (χ1n) is 6.20. The van der Waals surface area contributed by atoms with Crippen molar-refractivity contribution in [2.75, 3.05) is 0 Å². The normalized spacial score (nSPS) is 21.5. The predicted octanol–water partition coefficient (Wildman–Crippen LogP) is 3.16. The summed E-state index contributed by atoms with van der Waals surface area (Å²) in [6.07, 6.45) is 4.95. The SMILES string of the molecule is CC(C)(C)[S+]([O-])NC1CCCc2cnc(Cl)cc21. The summed E-state index contributed by atoms with van der Waals surface area (Å²) in [7, 11) is 0. The lowest BCUT2D eigenvalue weighted by Crippen LogP contribution is -2.42. The first kappa shape index (κ1) is 14.1. The van der Waals surface area contributed by atoms with Crippen molar-refractivity contribution in [1.29, 1.82) is 0 Å². The second-order valence-electron chi connectivity index (χ2n) is 5.65. The summed E-state index contributed by atoms with van der Waals surface area (Å²) in [6, 6.07) is 2.02. The second-order valence-corrected chi connectivity index (χ2v) is 8.03. The first-order valence-corrected chi connectivity index (χ1v) is 7.73. The van der Waals surface area contributed by atoms with Crippen molar-refractivity contribution in [3.05, 3.63) is 28.5 Å². The number of aromatic nitrogens is 1. The van der Waals surface area contributed by atoms with Crippen molar-refractivity contribution in [3.8, 4) is 0 Å². The molecule has 2 atom stereocenters. The summed E-state index contributed by atoms with van der Waals surface area (Å²) in [4.78, 5) is 4.12. The highest BCUT2D eigenvalue weighted by Gasteiger charge is 2.31. The molecule has 1 aromatic heterocycles. The van der Waals surface area contributed by atoms with Crippen molar-refractivity contribution in [2.24, 2.45) is 0 Å². The van der Waals surface area contributed by atoms with Gasteiger partial charge in [-0.1, -0.05) is 11.6 Å². The Kier molecular flexibility index (Phi) is 4.22. The van der Waals surface area contributed by atoms with Crippen LogP contribution in [0.5, 0.6) is 0 Å². The first-order chi connectivity index (χ1) is 8.38. The van der Waals surface area contributed by atoms with Crippen LogP contribution in [0.15, 0.2) is 12.3 Å². The molecule has 2 rings (SSSR count). The quantitative estimate of drug-likeness (QED) is 0.671. The van der Waals surface area contributed by atoms with Gasteiger partial charge in [0.15, 0.2) is 0 Å². The molecular weight excluding hydrogens is 268 g/mol. The molecule has 1 aliphatic rings. The minimum atomic E-state index is -1.06. The van der Waals surface area contributed by atoms with E-state index in [0.717, 1.165) is 24.8 Å². The third-order valence-electron chi connectivity index (χ3n) is 3.11. The van der Waals surface area contributed by atoms with Gasteiger partial charge in [-0.25, -0.2) is 4.98 Å². The van der Waals surface area contributed by atoms with Crippen LogP contribution in [-0.2, 0) is 17.8 Å². The molecule has 0 aliphatic heterocycles. The smallest absolute Gasteiger partial charge is 0.136 e. The van der Waals surface area contributed by atoms with Gasteiger partial charge in [-0.15, -0.1) is 4.72 Å². The lowest BCUT2D eigenvalue weighted by atomic mass is 9.90. The molecule has 100 valence electrons. The molecule has 1 aromatic rings. The van der Waals surface area contributed by atoms with E-state index in [1.54, 1.807) is 0 Å². The van der Waals surface area contributed by atoms with Gasteiger partial charge in [-0.05, 0) is 57.2 Å². The summed E-state index contributed by atoms with van der Waals surface area (Å²) in [5, 5.41) is 0.504. The Morgan fingerprint density at radius 3 is 2.89 bits per heavy atom. The Hall–Kier alpha value is -0.290. The number of pyridine rings is 1. The maximum atomic E-state index is 12.2. The molecule has 18 heavy (non-hydrogen) atoms. The van der Waals surface area contributed by atoms with Crippen LogP contribution in [0.4, 0.5) is 0 Å². The minimum absolute atomic E-state index is 0.120. The third kappa shape index (κ3) is 3.18. The van der Waals surface area contributed by atoms with E-state index in [2.05, 4.69) is 9.71 Å². The Labute approximate surface area is 117 Å². The summed E-state index contributed by atoms with van der Waals surface area (Å²) in [5.74, 6) is 0. The molecule has 5 heteroatoms. The Balaban J connectivity index is 2.20. The average molecular weight is 287 g/mol. The zero-order valence-electron chi connectivity index (χ0n) is 11.0. The Morgan fingerprint density at radius 2 is 2.22 bits per heavy atom. The number of nitrogens with one attached hydrogen (secondary N) is 1. The summed E-state index contributed by atoms with van der Waals surface area (Å²) < 4.78 is 15.2. The van der Waals surface area contributed by atoms with Gasteiger partial charge in [0.05, 0.1) is 6.04 Å². The number of hydrogen-bond donors (Lipinski definition) is 1. The number of halogens is 1. The number of nitrogens with zero attached hydrogens (tertiary/aromatic N) is 1. The van der Waals surface area contributed by atoms with Gasteiger partial charge in [0.2, 0.25) is 0 Å². The Bertz CT molecular complexity index is 433. The zero-order chi connectivity index (χ0) is 13.3. The standard InChI is InChI=1S/C13H19ClN2OS/c1-13(2,3)18(17)16-11-6-4-5-9-8-15-12(14)7-10(9)11/h7-8,11,16H,4-6H2,1-3H3. The van der Waals surface area contributed by atoms with E-state index in [4.69, 9.17) is 11.6 Å². The van der Waals surface area contributed by atoms with Crippen molar-refractivity contribution >= 4 is 23.0 Å². The van der Waals surface area contributed by atoms with Crippen molar-refractivity contribution in [2.45, 2.75) is 50.8 Å². The predicted molar refractivity (Wildman–Crippen MR) is 76.0 cm³/mol. The molecule has 0 saturated heterocycles. The minimum Gasteiger partial charge on any atom is -0.598 e. The molecule has 3 nitrogen and oxygen atoms in total. The molecule has 0 bridgehead atoms. The van der Waals surface area contributed by atoms with Crippen LogP contribution in [0, 0.1) is 0 Å². The van der Waals surface area contributed by atoms with E-state index in [1.807, 2.05) is 33.0 Å². The third-order valence-corrected chi connectivity index (χ3v) is 4.93. The maximum Gasteiger partial charge on any atom is 0.136 e. The molecule has 1 heterocycles. The number of aryl methyl sites for hydroxylation is 1. The fraction of sp³-hybridized carbons (Fsp3) is 0.615. The topological polar surface area (TPSA) is 48.0 Å². The largest absolute Gasteiger partial charge is 0.598 e. The van der Waals surface area contributed by atoms with Gasteiger partial charge in [0.25, 0.3) is 0 Å². The van der Waals surface area contributed by atoms with Crippen LogP contribution < -0.4 is 4.72 Å². The van der Waals surface area contributed by atoms with Gasteiger partial charge < -0.3 is 4.55 Å². The van der Waals surface area contributed by atoms with Gasteiger partial charge in [-0.3, -0.25) is 0 Å². The summed E-state index contributed by atoms with van der Waals surface area (Å²) >= 11 is 4.89. The molecule has 0 spiro atoms. The fourth-order valence-corrected chi connectivity index (χ4v) is 3.11. The molecule has 0 fully saturated rings. The van der Waals surface area contributed by atoms with Gasteiger partial charge in [-0.2, -0.15) is 0 Å². The summed E-state index contributed by atoms with van der Waals surface area (Å²) in [6.45, 7) is 5.91. The fourth-order valence-electron chi connectivity index (χ4n) is 2.09. The molecule has 0 saturated carbocycles. The molecule has 1 N–H and O–H groups in total.